The zero-order valence-corrected chi connectivity index (χ0v) is 11.5. The minimum Gasteiger partial charge on any atom is -0.313 e. The average molecular weight is 259 g/mol. The Kier molecular flexibility index (Phi) is 5.14. The van der Waals surface area contributed by atoms with E-state index in [1.165, 1.54) is 6.26 Å². The van der Waals surface area contributed by atoms with Crippen molar-refractivity contribution in [3.63, 3.8) is 0 Å². The third-order valence-electron chi connectivity index (χ3n) is 2.71. The highest BCUT2D eigenvalue weighted by Gasteiger charge is 2.09. The zero-order valence-electron chi connectivity index (χ0n) is 10.7. The predicted molar refractivity (Wildman–Crippen MR) is 68.6 cm³/mol. The number of rotatable bonds is 7. The van der Waals surface area contributed by atoms with Gasteiger partial charge in [-0.1, -0.05) is 6.92 Å². The second-order valence-corrected chi connectivity index (χ2v) is 6.53. The number of sulfone groups is 1. The van der Waals surface area contributed by atoms with Crippen LogP contribution in [0.4, 0.5) is 0 Å². The lowest BCUT2D eigenvalue weighted by Gasteiger charge is -2.10. The summed E-state index contributed by atoms with van der Waals surface area (Å²) in [5.74, 6) is 0.214. The summed E-state index contributed by atoms with van der Waals surface area (Å²) in [6.45, 7) is 2.76. The van der Waals surface area contributed by atoms with E-state index in [1.54, 1.807) is 4.68 Å². The summed E-state index contributed by atoms with van der Waals surface area (Å²) >= 11 is 0. The van der Waals surface area contributed by atoms with Crippen molar-refractivity contribution in [1.82, 2.24) is 15.1 Å². The van der Waals surface area contributed by atoms with Gasteiger partial charge in [-0.15, -0.1) is 0 Å². The summed E-state index contributed by atoms with van der Waals surface area (Å²) in [5.41, 5.74) is 1.15. The minimum absolute atomic E-state index is 0.214. The van der Waals surface area contributed by atoms with E-state index in [0.717, 1.165) is 12.0 Å². The lowest BCUT2D eigenvalue weighted by atomic mass is 10.1. The van der Waals surface area contributed by atoms with Crippen LogP contribution < -0.4 is 5.32 Å². The zero-order chi connectivity index (χ0) is 12.9. The molecule has 0 amide bonds. The molecule has 1 aromatic rings. The van der Waals surface area contributed by atoms with Crippen molar-refractivity contribution in [1.29, 1.82) is 0 Å². The van der Waals surface area contributed by atoms with Crippen LogP contribution in [-0.2, 0) is 16.4 Å². The molecular formula is C11H21N3O2S. The molecule has 5 nitrogen and oxygen atoms in total. The minimum atomic E-state index is -2.87. The van der Waals surface area contributed by atoms with Crippen LogP contribution in [0, 0.1) is 0 Å². The average Bonchev–Trinajstić information content (AvgIpc) is 2.67. The predicted octanol–water partition coefficient (Wildman–Crippen LogP) is 0.988. The van der Waals surface area contributed by atoms with Gasteiger partial charge >= 0.3 is 0 Å². The molecule has 1 N–H and O–H groups in total. The Labute approximate surface area is 103 Å². The van der Waals surface area contributed by atoms with Crippen molar-refractivity contribution in [3.05, 3.63) is 18.0 Å². The third kappa shape index (κ3) is 4.87. The molecule has 0 saturated carbocycles. The van der Waals surface area contributed by atoms with Gasteiger partial charge in [0.15, 0.2) is 0 Å². The number of hydrogen-bond acceptors (Lipinski definition) is 4. The summed E-state index contributed by atoms with van der Waals surface area (Å²) in [7, 11) is -0.941. The van der Waals surface area contributed by atoms with Gasteiger partial charge in [-0.3, -0.25) is 4.68 Å². The van der Waals surface area contributed by atoms with E-state index in [0.29, 0.717) is 19.0 Å². The molecule has 1 atom stereocenters. The van der Waals surface area contributed by atoms with Crippen LogP contribution in [-0.4, -0.2) is 37.3 Å². The van der Waals surface area contributed by atoms with Crippen molar-refractivity contribution in [2.45, 2.75) is 32.4 Å². The van der Waals surface area contributed by atoms with E-state index in [2.05, 4.69) is 17.3 Å². The molecule has 1 heterocycles. The molecule has 17 heavy (non-hydrogen) atoms. The molecule has 0 aromatic carbocycles. The third-order valence-corrected chi connectivity index (χ3v) is 3.74. The fourth-order valence-corrected chi connectivity index (χ4v) is 2.43. The maximum absolute atomic E-state index is 11.0. The first-order valence-corrected chi connectivity index (χ1v) is 7.89. The quantitative estimate of drug-likeness (QED) is 0.793. The Morgan fingerprint density at radius 2 is 2.24 bits per heavy atom. The van der Waals surface area contributed by atoms with Gasteiger partial charge in [-0.25, -0.2) is 8.42 Å². The highest BCUT2D eigenvalue weighted by Crippen LogP contribution is 2.14. The van der Waals surface area contributed by atoms with Crippen LogP contribution in [0.15, 0.2) is 12.4 Å². The molecule has 98 valence electrons. The van der Waals surface area contributed by atoms with Gasteiger partial charge in [0.1, 0.15) is 9.84 Å². The second kappa shape index (κ2) is 6.16. The molecule has 0 saturated heterocycles. The monoisotopic (exact) mass is 259 g/mol. The van der Waals surface area contributed by atoms with E-state index < -0.39 is 9.84 Å². The Morgan fingerprint density at radius 3 is 2.76 bits per heavy atom. The maximum atomic E-state index is 11.0. The highest BCUT2D eigenvalue weighted by atomic mass is 32.2. The van der Waals surface area contributed by atoms with E-state index >= 15 is 0 Å². The van der Waals surface area contributed by atoms with Crippen molar-refractivity contribution in [2.24, 2.45) is 0 Å². The SMILES string of the molecule is CCC(NC)c1cnn(CCCS(C)(=O)=O)c1. The van der Waals surface area contributed by atoms with Gasteiger partial charge in [0.05, 0.1) is 11.9 Å². The first kappa shape index (κ1) is 14.2. The van der Waals surface area contributed by atoms with E-state index in [4.69, 9.17) is 0 Å². The molecular weight excluding hydrogens is 238 g/mol. The van der Waals surface area contributed by atoms with E-state index in [9.17, 15) is 8.42 Å². The first-order chi connectivity index (χ1) is 7.96. The van der Waals surface area contributed by atoms with Crippen molar-refractivity contribution in [3.8, 4) is 0 Å². The molecule has 0 bridgehead atoms. The van der Waals surface area contributed by atoms with Crippen molar-refractivity contribution in [2.75, 3.05) is 19.1 Å². The standard InChI is InChI=1S/C11H21N3O2S/c1-4-11(12-2)10-8-13-14(9-10)6-5-7-17(3,15)16/h8-9,11-12H,4-7H2,1-3H3. The Hall–Kier alpha value is -0.880. The summed E-state index contributed by atoms with van der Waals surface area (Å²) in [6.07, 6.45) is 6.69. The molecule has 1 aromatic heterocycles. The summed E-state index contributed by atoms with van der Waals surface area (Å²) in [5, 5.41) is 7.45. The number of nitrogens with zero attached hydrogens (tertiary/aromatic N) is 2. The molecule has 1 rings (SSSR count). The van der Waals surface area contributed by atoms with Gasteiger partial charge in [0.25, 0.3) is 0 Å². The molecule has 0 aliphatic heterocycles. The first-order valence-electron chi connectivity index (χ1n) is 5.83. The Morgan fingerprint density at radius 1 is 1.53 bits per heavy atom. The van der Waals surface area contributed by atoms with Crippen LogP contribution in [0.5, 0.6) is 0 Å². The van der Waals surface area contributed by atoms with Crippen LogP contribution in [0.3, 0.4) is 0 Å². The van der Waals surface area contributed by atoms with Gasteiger partial charge in [-0.2, -0.15) is 5.10 Å². The normalized spacial score (nSPS) is 13.8. The smallest absolute Gasteiger partial charge is 0.147 e. The van der Waals surface area contributed by atoms with Crippen LogP contribution in [0.25, 0.3) is 0 Å². The van der Waals surface area contributed by atoms with Crippen LogP contribution in [0.1, 0.15) is 31.4 Å². The Balaban J connectivity index is 2.51. The fourth-order valence-electron chi connectivity index (χ4n) is 1.78. The molecule has 0 fully saturated rings. The topological polar surface area (TPSA) is 64.0 Å². The highest BCUT2D eigenvalue weighted by molar-refractivity contribution is 7.90. The molecule has 0 aliphatic carbocycles. The lowest BCUT2D eigenvalue weighted by Crippen LogP contribution is -2.14. The molecule has 1 unspecified atom stereocenters. The Bertz CT molecular complexity index is 435. The van der Waals surface area contributed by atoms with Crippen LogP contribution >= 0.6 is 0 Å². The van der Waals surface area contributed by atoms with E-state index in [-0.39, 0.29) is 5.75 Å². The summed E-state index contributed by atoms with van der Waals surface area (Å²) in [6, 6.07) is 0.318. The van der Waals surface area contributed by atoms with E-state index in [1.807, 2.05) is 19.4 Å². The van der Waals surface area contributed by atoms with Gasteiger partial charge in [0, 0.05) is 30.6 Å². The number of aromatic nitrogens is 2. The van der Waals surface area contributed by atoms with Crippen LogP contribution in [0.2, 0.25) is 0 Å². The number of nitrogens with one attached hydrogen (secondary N) is 1. The number of hydrogen-bond donors (Lipinski definition) is 1. The molecule has 0 radical (unpaired) electrons. The largest absolute Gasteiger partial charge is 0.313 e. The molecule has 0 spiro atoms. The van der Waals surface area contributed by atoms with Gasteiger partial charge < -0.3 is 5.32 Å². The van der Waals surface area contributed by atoms with Gasteiger partial charge in [0.2, 0.25) is 0 Å². The molecule has 0 aliphatic rings. The summed E-state index contributed by atoms with van der Waals surface area (Å²) < 4.78 is 23.8. The number of aryl methyl sites for hydroxylation is 1. The van der Waals surface area contributed by atoms with Gasteiger partial charge in [-0.05, 0) is 19.9 Å². The van der Waals surface area contributed by atoms with Crippen molar-refractivity contribution >= 4 is 9.84 Å². The van der Waals surface area contributed by atoms with Crippen molar-refractivity contribution < 1.29 is 8.42 Å². The molecule has 6 heteroatoms. The maximum Gasteiger partial charge on any atom is 0.147 e. The lowest BCUT2D eigenvalue weighted by molar-refractivity contribution is 0.566. The fraction of sp³-hybridized carbons (Fsp3) is 0.727. The summed E-state index contributed by atoms with van der Waals surface area (Å²) in [4.78, 5) is 0. The second-order valence-electron chi connectivity index (χ2n) is 4.27.